The maximum absolute atomic E-state index is 13.1. The zero-order valence-electron chi connectivity index (χ0n) is 18.0. The van der Waals surface area contributed by atoms with Crippen LogP contribution in [0.3, 0.4) is 0 Å². The summed E-state index contributed by atoms with van der Waals surface area (Å²) in [5.74, 6) is 1.86. The van der Waals surface area contributed by atoms with Crippen molar-refractivity contribution in [3.05, 3.63) is 45.9 Å². The van der Waals surface area contributed by atoms with E-state index in [1.807, 2.05) is 32.9 Å². The summed E-state index contributed by atoms with van der Waals surface area (Å²) in [5.41, 5.74) is 0.161. The van der Waals surface area contributed by atoms with Crippen molar-refractivity contribution in [3.63, 3.8) is 0 Å². The van der Waals surface area contributed by atoms with Gasteiger partial charge in [-0.1, -0.05) is 50.0 Å². The van der Waals surface area contributed by atoms with Crippen LogP contribution in [-0.2, 0) is 0 Å². The van der Waals surface area contributed by atoms with Crippen LogP contribution in [0.25, 0.3) is 0 Å². The summed E-state index contributed by atoms with van der Waals surface area (Å²) in [6.07, 6.45) is 2.58. The topological polar surface area (TPSA) is 44.8 Å². The quantitative estimate of drug-likeness (QED) is 0.357. The molecule has 2 rings (SSSR count). The Bertz CT molecular complexity index is 784. The number of hydrogen-bond acceptors (Lipinski definition) is 4. The molecule has 0 aromatic heterocycles. The van der Waals surface area contributed by atoms with Gasteiger partial charge >= 0.3 is 18.9 Å². The molecule has 4 nitrogen and oxygen atoms in total. The van der Waals surface area contributed by atoms with Crippen LogP contribution < -0.4 is 38.4 Å². The Labute approximate surface area is 202 Å². The van der Waals surface area contributed by atoms with E-state index in [4.69, 9.17) is 37.4 Å². The van der Waals surface area contributed by atoms with Crippen LogP contribution in [0.15, 0.2) is 30.3 Å². The van der Waals surface area contributed by atoms with Gasteiger partial charge in [-0.15, -0.1) is 0 Å². The van der Waals surface area contributed by atoms with Crippen molar-refractivity contribution in [1.82, 2.24) is 0 Å². The third-order valence-corrected chi connectivity index (χ3v) is 5.71. The van der Waals surface area contributed by atoms with E-state index in [1.165, 1.54) is 0 Å². The second-order valence-electron chi connectivity index (χ2n) is 6.39. The van der Waals surface area contributed by atoms with Crippen LogP contribution in [0.4, 0.5) is 0 Å². The summed E-state index contributed by atoms with van der Waals surface area (Å²) in [6, 6.07) is 8.70. The van der Waals surface area contributed by atoms with Crippen LogP contribution in [0.1, 0.15) is 50.4 Å². The molecule has 0 amide bonds. The van der Waals surface area contributed by atoms with Crippen molar-refractivity contribution in [1.29, 1.82) is 0 Å². The molecular weight excluding hydrogens is 437 g/mol. The predicted molar refractivity (Wildman–Crippen MR) is 123 cm³/mol. The van der Waals surface area contributed by atoms with Crippen molar-refractivity contribution in [3.8, 4) is 17.2 Å². The van der Waals surface area contributed by atoms with Gasteiger partial charge in [-0.25, -0.2) is 0 Å². The molecule has 0 N–H and O–H groups in total. The van der Waals surface area contributed by atoms with Crippen molar-refractivity contribution in [2.45, 2.75) is 40.0 Å². The maximum Gasteiger partial charge on any atom is 1.00 e. The molecule has 1 unspecified atom stereocenters. The predicted octanol–water partition coefficient (Wildman–Crippen LogP) is 3.51. The van der Waals surface area contributed by atoms with Crippen LogP contribution in [0.5, 0.6) is 17.2 Å². The molecule has 2 aromatic rings. The molecule has 30 heavy (non-hydrogen) atoms. The van der Waals surface area contributed by atoms with Crippen molar-refractivity contribution >= 4 is 42.6 Å². The van der Waals surface area contributed by atoms with Gasteiger partial charge in [0.15, 0.2) is 5.52 Å². The summed E-state index contributed by atoms with van der Waals surface area (Å²) in [5, 5.41) is 1.38. The third-order valence-electron chi connectivity index (χ3n) is 3.86. The second-order valence-corrected chi connectivity index (χ2v) is 8.41. The van der Waals surface area contributed by atoms with E-state index in [0.717, 1.165) is 19.3 Å². The van der Waals surface area contributed by atoms with Crippen LogP contribution in [0, 0.1) is 0 Å². The minimum absolute atomic E-state index is 0. The number of rotatable bonds is 12. The molecule has 0 aliphatic carbocycles. The van der Waals surface area contributed by atoms with Gasteiger partial charge in [0.25, 0.3) is 0 Å². The smallest absolute Gasteiger partial charge is 0.493 e. The molecule has 0 fully saturated rings. The minimum Gasteiger partial charge on any atom is -0.493 e. The van der Waals surface area contributed by atoms with Gasteiger partial charge in [-0.3, -0.25) is 4.79 Å². The largest absolute Gasteiger partial charge is 1.00 e. The summed E-state index contributed by atoms with van der Waals surface area (Å²) in [6.45, 7) is 7.76. The molecular formula is C22H27Cl2LiO4P+. The summed E-state index contributed by atoms with van der Waals surface area (Å²) in [4.78, 5) is 13.1. The Hall–Kier alpha value is -0.883. The molecule has 1 atom stereocenters. The molecule has 0 bridgehead atoms. The Balaban J connectivity index is 0.00000450. The summed E-state index contributed by atoms with van der Waals surface area (Å²) >= 11 is 12.5. The zero-order chi connectivity index (χ0) is 21.2. The van der Waals surface area contributed by atoms with Gasteiger partial charge in [0.05, 0.1) is 40.7 Å². The average Bonchev–Trinajstić information content (AvgIpc) is 2.70. The third kappa shape index (κ3) is 7.67. The van der Waals surface area contributed by atoms with Gasteiger partial charge in [0, 0.05) is 12.1 Å². The van der Waals surface area contributed by atoms with Crippen LogP contribution in [-0.4, -0.2) is 25.3 Å². The molecule has 0 saturated heterocycles. The number of benzene rings is 2. The number of carbonyl (C=O) groups excluding carboxylic acids is 1. The van der Waals surface area contributed by atoms with E-state index in [1.54, 1.807) is 18.2 Å². The number of ether oxygens (including phenoxy) is 3. The molecule has 0 aliphatic heterocycles. The molecule has 0 spiro atoms. The fourth-order valence-corrected chi connectivity index (χ4v) is 4.42. The van der Waals surface area contributed by atoms with Gasteiger partial charge in [-0.2, -0.15) is 0 Å². The molecule has 8 heteroatoms. The Morgan fingerprint density at radius 3 is 1.80 bits per heavy atom. The van der Waals surface area contributed by atoms with Gasteiger partial charge < -0.3 is 14.2 Å². The Morgan fingerprint density at radius 1 is 0.867 bits per heavy atom. The number of hydrogen-bond donors (Lipinski definition) is 0. The molecule has 158 valence electrons. The summed E-state index contributed by atoms with van der Waals surface area (Å²) in [7, 11) is -0.246. The van der Waals surface area contributed by atoms with E-state index in [9.17, 15) is 4.79 Å². The molecule has 0 saturated carbocycles. The van der Waals surface area contributed by atoms with E-state index in [0.29, 0.717) is 58.0 Å². The zero-order valence-corrected chi connectivity index (χ0v) is 20.5. The van der Waals surface area contributed by atoms with Crippen molar-refractivity contribution < 1.29 is 37.9 Å². The molecule has 0 aliphatic rings. The molecule has 0 heterocycles. The molecule has 2 aromatic carbocycles. The van der Waals surface area contributed by atoms with E-state index < -0.39 is 0 Å². The first-order valence-electron chi connectivity index (χ1n) is 9.83. The number of halogens is 2. The minimum atomic E-state index is -0.246. The fourth-order valence-electron chi connectivity index (χ4n) is 2.53. The SMILES string of the molecule is CCCOc1cc(OCCC)c(PC(=O)c2c(Cl)cccc2Cl)c(OCCC)c1.[Li+]. The van der Waals surface area contributed by atoms with Crippen LogP contribution >= 0.6 is 31.8 Å². The number of carbonyl (C=O) groups is 1. The van der Waals surface area contributed by atoms with E-state index in [-0.39, 0.29) is 33.0 Å². The van der Waals surface area contributed by atoms with E-state index in [2.05, 4.69) is 0 Å². The first-order chi connectivity index (χ1) is 14.0. The molecule has 0 radical (unpaired) electrons. The normalized spacial score (nSPS) is 10.7. The van der Waals surface area contributed by atoms with Gasteiger partial charge in [0.2, 0.25) is 0 Å². The second kappa shape index (κ2) is 14.2. The first kappa shape index (κ1) is 27.2. The van der Waals surface area contributed by atoms with Gasteiger partial charge in [0.1, 0.15) is 17.2 Å². The first-order valence-corrected chi connectivity index (χ1v) is 11.6. The van der Waals surface area contributed by atoms with Crippen molar-refractivity contribution in [2.75, 3.05) is 19.8 Å². The van der Waals surface area contributed by atoms with Crippen LogP contribution in [0.2, 0.25) is 10.0 Å². The Kier molecular flexibility index (Phi) is 12.9. The average molecular weight is 464 g/mol. The van der Waals surface area contributed by atoms with E-state index >= 15 is 0 Å². The Morgan fingerprint density at radius 2 is 1.33 bits per heavy atom. The monoisotopic (exact) mass is 463 g/mol. The summed E-state index contributed by atoms with van der Waals surface area (Å²) < 4.78 is 17.7. The van der Waals surface area contributed by atoms with Gasteiger partial charge in [-0.05, 0) is 40.0 Å². The van der Waals surface area contributed by atoms with Crippen molar-refractivity contribution in [2.24, 2.45) is 0 Å². The standard InChI is InChI=1S/C22H27Cl2O4P.Li/c1-4-10-26-15-13-18(27-11-5-2)21(19(14-15)28-12-6-3)29-22(25)20-16(23)8-7-9-17(20)24;/h7-9,13-14,29H,4-6,10-12H2,1-3H3;/q;+1. The fraction of sp³-hybridized carbons (Fsp3) is 0.409. The maximum atomic E-state index is 13.1.